The SMILES string of the molecule is CCC(C)N(C)c1nc(NC)ncc1Cl. The quantitative estimate of drug-likeness (QED) is 0.860. The van der Waals surface area contributed by atoms with E-state index in [1.54, 1.807) is 13.2 Å². The van der Waals surface area contributed by atoms with Crippen molar-refractivity contribution in [2.45, 2.75) is 26.3 Å². The molecule has 0 saturated heterocycles. The van der Waals surface area contributed by atoms with Gasteiger partial charge in [-0.25, -0.2) is 4.98 Å². The van der Waals surface area contributed by atoms with Gasteiger partial charge in [-0.15, -0.1) is 0 Å². The Kier molecular flexibility index (Phi) is 4.15. The van der Waals surface area contributed by atoms with Crippen LogP contribution in [0.4, 0.5) is 11.8 Å². The lowest BCUT2D eigenvalue weighted by molar-refractivity contribution is 0.656. The van der Waals surface area contributed by atoms with Crippen molar-refractivity contribution in [1.29, 1.82) is 0 Å². The maximum absolute atomic E-state index is 6.05. The zero-order valence-corrected chi connectivity index (χ0v) is 10.3. The third-order valence-electron chi connectivity index (χ3n) is 2.54. The van der Waals surface area contributed by atoms with Crippen molar-refractivity contribution >= 4 is 23.4 Å². The Balaban J connectivity index is 3.01. The number of nitrogens with one attached hydrogen (secondary N) is 1. The topological polar surface area (TPSA) is 41.1 Å². The summed E-state index contributed by atoms with van der Waals surface area (Å²) < 4.78 is 0. The number of anilines is 2. The molecule has 1 aromatic rings. The first-order valence-corrected chi connectivity index (χ1v) is 5.41. The van der Waals surface area contributed by atoms with Crippen LogP contribution in [0.15, 0.2) is 6.20 Å². The van der Waals surface area contributed by atoms with Crippen molar-refractivity contribution < 1.29 is 0 Å². The summed E-state index contributed by atoms with van der Waals surface area (Å²) in [6.45, 7) is 4.27. The van der Waals surface area contributed by atoms with Gasteiger partial charge in [0.2, 0.25) is 5.95 Å². The van der Waals surface area contributed by atoms with Gasteiger partial charge in [0, 0.05) is 20.1 Å². The first kappa shape index (κ1) is 12.0. The van der Waals surface area contributed by atoms with Crippen LogP contribution in [-0.2, 0) is 0 Å². The lowest BCUT2D eigenvalue weighted by Gasteiger charge is -2.25. The maximum Gasteiger partial charge on any atom is 0.224 e. The first-order valence-electron chi connectivity index (χ1n) is 5.03. The van der Waals surface area contributed by atoms with Gasteiger partial charge in [0.1, 0.15) is 5.02 Å². The molecule has 0 radical (unpaired) electrons. The molecule has 1 N–H and O–H groups in total. The van der Waals surface area contributed by atoms with E-state index in [2.05, 4.69) is 34.0 Å². The van der Waals surface area contributed by atoms with Crippen LogP contribution < -0.4 is 10.2 Å². The summed E-state index contributed by atoms with van der Waals surface area (Å²) in [6.07, 6.45) is 2.67. The Morgan fingerprint density at radius 2 is 2.27 bits per heavy atom. The van der Waals surface area contributed by atoms with Crippen molar-refractivity contribution in [1.82, 2.24) is 9.97 Å². The molecule has 1 rings (SSSR count). The van der Waals surface area contributed by atoms with E-state index in [1.807, 2.05) is 7.05 Å². The van der Waals surface area contributed by atoms with Crippen LogP contribution >= 0.6 is 11.6 Å². The summed E-state index contributed by atoms with van der Waals surface area (Å²) in [5.41, 5.74) is 0. The molecule has 1 atom stereocenters. The minimum atomic E-state index is 0.405. The van der Waals surface area contributed by atoms with Crippen molar-refractivity contribution in [3.05, 3.63) is 11.2 Å². The zero-order chi connectivity index (χ0) is 11.4. The third-order valence-corrected chi connectivity index (χ3v) is 2.80. The largest absolute Gasteiger partial charge is 0.357 e. The van der Waals surface area contributed by atoms with Crippen LogP contribution in [0.25, 0.3) is 0 Å². The van der Waals surface area contributed by atoms with E-state index >= 15 is 0 Å². The van der Waals surface area contributed by atoms with Gasteiger partial charge in [-0.1, -0.05) is 18.5 Å². The highest BCUT2D eigenvalue weighted by molar-refractivity contribution is 6.32. The van der Waals surface area contributed by atoms with Gasteiger partial charge in [0.05, 0.1) is 6.20 Å². The second-order valence-corrected chi connectivity index (χ2v) is 3.89. The smallest absolute Gasteiger partial charge is 0.224 e. The zero-order valence-electron chi connectivity index (χ0n) is 9.58. The Hall–Kier alpha value is -1.03. The molecule has 4 nitrogen and oxygen atoms in total. The fraction of sp³-hybridized carbons (Fsp3) is 0.600. The normalized spacial score (nSPS) is 12.3. The van der Waals surface area contributed by atoms with E-state index in [4.69, 9.17) is 11.6 Å². The van der Waals surface area contributed by atoms with Gasteiger partial charge in [0.25, 0.3) is 0 Å². The van der Waals surface area contributed by atoms with Gasteiger partial charge >= 0.3 is 0 Å². The third kappa shape index (κ3) is 2.72. The van der Waals surface area contributed by atoms with Crippen molar-refractivity contribution in [2.24, 2.45) is 0 Å². The van der Waals surface area contributed by atoms with Crippen molar-refractivity contribution in [2.75, 3.05) is 24.3 Å². The van der Waals surface area contributed by atoms with Gasteiger partial charge in [-0.05, 0) is 13.3 Å². The van der Waals surface area contributed by atoms with Crippen LogP contribution in [0.3, 0.4) is 0 Å². The van der Waals surface area contributed by atoms with E-state index in [0.29, 0.717) is 17.0 Å². The van der Waals surface area contributed by atoms with E-state index in [9.17, 15) is 0 Å². The maximum atomic E-state index is 6.05. The molecule has 0 amide bonds. The molecule has 5 heteroatoms. The summed E-state index contributed by atoms with van der Waals surface area (Å²) in [7, 11) is 3.78. The lowest BCUT2D eigenvalue weighted by atomic mass is 10.2. The van der Waals surface area contributed by atoms with E-state index in [0.717, 1.165) is 12.2 Å². The highest BCUT2D eigenvalue weighted by Gasteiger charge is 2.13. The molecule has 15 heavy (non-hydrogen) atoms. The summed E-state index contributed by atoms with van der Waals surface area (Å²) in [5.74, 6) is 1.36. The summed E-state index contributed by atoms with van der Waals surface area (Å²) in [6, 6.07) is 0.405. The number of aromatic nitrogens is 2. The lowest BCUT2D eigenvalue weighted by Crippen LogP contribution is -2.29. The average molecular weight is 229 g/mol. The monoisotopic (exact) mass is 228 g/mol. The molecule has 1 heterocycles. The van der Waals surface area contributed by atoms with Crippen molar-refractivity contribution in [3.63, 3.8) is 0 Å². The summed E-state index contributed by atoms with van der Waals surface area (Å²) >= 11 is 6.05. The van der Waals surface area contributed by atoms with Crippen LogP contribution in [-0.4, -0.2) is 30.1 Å². The Bertz CT molecular complexity index is 329. The average Bonchev–Trinajstić information content (AvgIpc) is 2.27. The van der Waals surface area contributed by atoms with Crippen LogP contribution in [0.5, 0.6) is 0 Å². The van der Waals surface area contributed by atoms with Gasteiger partial charge < -0.3 is 10.2 Å². The molecular weight excluding hydrogens is 212 g/mol. The Morgan fingerprint density at radius 3 is 2.80 bits per heavy atom. The standard InChI is InChI=1S/C10H17ClN4/c1-5-7(2)15(4)9-8(11)6-13-10(12-3)14-9/h6-7H,5H2,1-4H3,(H,12,13,14). The number of nitrogens with zero attached hydrogens (tertiary/aromatic N) is 3. The Labute approximate surface area is 95.7 Å². The molecule has 1 aromatic heterocycles. The fourth-order valence-corrected chi connectivity index (χ4v) is 1.43. The molecule has 0 aliphatic rings. The number of hydrogen-bond acceptors (Lipinski definition) is 4. The summed E-state index contributed by atoms with van der Waals surface area (Å²) in [4.78, 5) is 10.4. The predicted molar refractivity (Wildman–Crippen MR) is 64.7 cm³/mol. The molecule has 0 aliphatic carbocycles. The van der Waals surface area contributed by atoms with E-state index in [-0.39, 0.29) is 0 Å². The number of hydrogen-bond donors (Lipinski definition) is 1. The predicted octanol–water partition coefficient (Wildman–Crippen LogP) is 2.41. The molecule has 0 saturated carbocycles. The van der Waals surface area contributed by atoms with Crippen molar-refractivity contribution in [3.8, 4) is 0 Å². The molecule has 84 valence electrons. The number of halogens is 1. The van der Waals surface area contributed by atoms with Crippen LogP contribution in [0.2, 0.25) is 5.02 Å². The second kappa shape index (κ2) is 5.16. The van der Waals surface area contributed by atoms with E-state index in [1.165, 1.54) is 0 Å². The van der Waals surface area contributed by atoms with Crippen LogP contribution in [0.1, 0.15) is 20.3 Å². The van der Waals surface area contributed by atoms with E-state index < -0.39 is 0 Å². The highest BCUT2D eigenvalue weighted by Crippen LogP contribution is 2.24. The van der Waals surface area contributed by atoms with Gasteiger partial charge in [-0.3, -0.25) is 0 Å². The molecule has 1 unspecified atom stereocenters. The molecule has 0 fully saturated rings. The van der Waals surface area contributed by atoms with Crippen LogP contribution in [0, 0.1) is 0 Å². The fourth-order valence-electron chi connectivity index (χ4n) is 1.21. The van der Waals surface area contributed by atoms with Gasteiger partial charge in [0.15, 0.2) is 5.82 Å². The minimum Gasteiger partial charge on any atom is -0.357 e. The molecule has 0 aliphatic heterocycles. The molecule has 0 aromatic carbocycles. The summed E-state index contributed by atoms with van der Waals surface area (Å²) in [5, 5.41) is 3.48. The minimum absolute atomic E-state index is 0.405. The second-order valence-electron chi connectivity index (χ2n) is 3.48. The molecule has 0 bridgehead atoms. The van der Waals surface area contributed by atoms with Gasteiger partial charge in [-0.2, -0.15) is 4.98 Å². The molecular formula is C10H17ClN4. The number of rotatable bonds is 4. The Morgan fingerprint density at radius 1 is 1.60 bits per heavy atom. The highest BCUT2D eigenvalue weighted by atomic mass is 35.5. The first-order chi connectivity index (χ1) is 7.10. The molecule has 0 spiro atoms.